The quantitative estimate of drug-likeness (QED) is 0.775. The number of carbonyl (C=O) groups is 2. The van der Waals surface area contributed by atoms with Crippen molar-refractivity contribution >= 4 is 17.6 Å². The maximum absolute atomic E-state index is 12.0. The summed E-state index contributed by atoms with van der Waals surface area (Å²) in [6, 6.07) is 15.0. The summed E-state index contributed by atoms with van der Waals surface area (Å²) in [5.74, 6) is -0.833. The topological polar surface area (TPSA) is 58.6 Å². The Bertz CT molecular complexity index is 737. The molecule has 0 radical (unpaired) electrons. The van der Waals surface area contributed by atoms with Crippen molar-refractivity contribution in [1.29, 1.82) is 0 Å². The number of nitrogens with one attached hydrogen (secondary N) is 1. The highest BCUT2D eigenvalue weighted by molar-refractivity contribution is 5.91. The molecule has 0 aliphatic rings. The first-order valence-corrected chi connectivity index (χ1v) is 8.73. The molecule has 1 atom stereocenters. The van der Waals surface area contributed by atoms with E-state index in [-0.39, 0.29) is 18.6 Å². The minimum absolute atomic E-state index is 0.147. The van der Waals surface area contributed by atoms with Gasteiger partial charge in [-0.3, -0.25) is 4.79 Å². The van der Waals surface area contributed by atoms with Crippen molar-refractivity contribution < 1.29 is 14.3 Å². The minimum Gasteiger partial charge on any atom is -0.452 e. The van der Waals surface area contributed by atoms with Gasteiger partial charge >= 0.3 is 5.97 Å². The van der Waals surface area contributed by atoms with Gasteiger partial charge in [-0.05, 0) is 48.7 Å². The standard InChI is InChI=1S/C21H26N2O3/c1-5-16-6-8-17(9-7-16)15(2)22-20(24)14-26-21(25)18-10-12-19(13-11-18)23(3)4/h6-13,15H,5,14H2,1-4H3,(H,22,24)/t15-/m1/s1. The molecule has 0 saturated carbocycles. The number of hydrogen-bond donors (Lipinski definition) is 1. The molecule has 5 heteroatoms. The Morgan fingerprint density at radius 3 is 2.19 bits per heavy atom. The molecule has 1 amide bonds. The van der Waals surface area contributed by atoms with Crippen LogP contribution in [0, 0.1) is 0 Å². The molecule has 0 fully saturated rings. The highest BCUT2D eigenvalue weighted by Crippen LogP contribution is 2.14. The fourth-order valence-electron chi connectivity index (χ4n) is 2.52. The maximum atomic E-state index is 12.0. The van der Waals surface area contributed by atoms with Crippen LogP contribution < -0.4 is 10.2 Å². The number of aryl methyl sites for hydroxylation is 1. The Morgan fingerprint density at radius 1 is 1.04 bits per heavy atom. The van der Waals surface area contributed by atoms with Crippen LogP contribution in [0.4, 0.5) is 5.69 Å². The third-order valence-corrected chi connectivity index (χ3v) is 4.22. The van der Waals surface area contributed by atoms with Crippen molar-refractivity contribution in [3.05, 3.63) is 65.2 Å². The summed E-state index contributed by atoms with van der Waals surface area (Å²) in [5.41, 5.74) is 3.68. The molecule has 2 rings (SSSR count). The van der Waals surface area contributed by atoms with Crippen LogP contribution in [0.15, 0.2) is 48.5 Å². The molecule has 1 N–H and O–H groups in total. The van der Waals surface area contributed by atoms with Crippen molar-refractivity contribution in [1.82, 2.24) is 5.32 Å². The Kier molecular flexibility index (Phi) is 6.78. The lowest BCUT2D eigenvalue weighted by Gasteiger charge is -2.15. The molecular formula is C21H26N2O3. The number of ether oxygens (including phenoxy) is 1. The molecule has 26 heavy (non-hydrogen) atoms. The first-order chi connectivity index (χ1) is 12.4. The fourth-order valence-corrected chi connectivity index (χ4v) is 2.52. The van der Waals surface area contributed by atoms with Gasteiger partial charge in [0.1, 0.15) is 0 Å². The molecule has 5 nitrogen and oxygen atoms in total. The average molecular weight is 354 g/mol. The summed E-state index contributed by atoms with van der Waals surface area (Å²) >= 11 is 0. The average Bonchev–Trinajstić information content (AvgIpc) is 2.66. The number of benzene rings is 2. The third-order valence-electron chi connectivity index (χ3n) is 4.22. The van der Waals surface area contributed by atoms with Crippen LogP contribution in [0.2, 0.25) is 0 Å². The number of anilines is 1. The van der Waals surface area contributed by atoms with E-state index in [0.717, 1.165) is 17.7 Å². The Balaban J connectivity index is 1.84. The lowest BCUT2D eigenvalue weighted by molar-refractivity contribution is -0.124. The third kappa shape index (κ3) is 5.34. The SMILES string of the molecule is CCc1ccc([C@@H](C)NC(=O)COC(=O)c2ccc(N(C)C)cc2)cc1. The second kappa shape index (κ2) is 9.04. The van der Waals surface area contributed by atoms with E-state index >= 15 is 0 Å². The summed E-state index contributed by atoms with van der Waals surface area (Å²) in [6.45, 7) is 3.70. The van der Waals surface area contributed by atoms with E-state index in [4.69, 9.17) is 4.74 Å². The van der Waals surface area contributed by atoms with E-state index in [9.17, 15) is 9.59 Å². The maximum Gasteiger partial charge on any atom is 0.338 e. The zero-order chi connectivity index (χ0) is 19.1. The van der Waals surface area contributed by atoms with Crippen LogP contribution in [0.5, 0.6) is 0 Å². The summed E-state index contributed by atoms with van der Waals surface area (Å²) in [4.78, 5) is 26.0. The zero-order valence-corrected chi connectivity index (χ0v) is 15.8. The van der Waals surface area contributed by atoms with Crippen LogP contribution >= 0.6 is 0 Å². The molecule has 0 heterocycles. The predicted octanol–water partition coefficient (Wildman–Crippen LogP) is 3.35. The molecule has 2 aromatic carbocycles. The zero-order valence-electron chi connectivity index (χ0n) is 15.8. The summed E-state index contributed by atoms with van der Waals surface area (Å²) in [6.07, 6.45) is 0.979. The van der Waals surface area contributed by atoms with Crippen LogP contribution in [-0.4, -0.2) is 32.6 Å². The number of rotatable bonds is 7. The van der Waals surface area contributed by atoms with E-state index in [1.165, 1.54) is 5.56 Å². The Hall–Kier alpha value is -2.82. The Morgan fingerprint density at radius 2 is 1.65 bits per heavy atom. The van der Waals surface area contributed by atoms with Crippen LogP contribution in [0.1, 0.15) is 41.4 Å². The molecule has 0 saturated heterocycles. The minimum atomic E-state index is -0.509. The van der Waals surface area contributed by atoms with Crippen LogP contribution in [0.3, 0.4) is 0 Å². The van der Waals surface area contributed by atoms with Crippen LogP contribution in [0.25, 0.3) is 0 Å². The highest BCUT2D eigenvalue weighted by atomic mass is 16.5. The first kappa shape index (κ1) is 19.5. The van der Waals surface area contributed by atoms with Crippen molar-refractivity contribution in [2.75, 3.05) is 25.6 Å². The first-order valence-electron chi connectivity index (χ1n) is 8.73. The van der Waals surface area contributed by atoms with Crippen molar-refractivity contribution in [3.8, 4) is 0 Å². The van der Waals surface area contributed by atoms with Gasteiger partial charge in [-0.1, -0.05) is 31.2 Å². The molecule has 2 aromatic rings. The summed E-state index contributed by atoms with van der Waals surface area (Å²) < 4.78 is 5.10. The van der Waals surface area contributed by atoms with Gasteiger partial charge in [-0.15, -0.1) is 0 Å². The van der Waals surface area contributed by atoms with Gasteiger partial charge in [0.05, 0.1) is 11.6 Å². The van der Waals surface area contributed by atoms with Gasteiger partial charge in [0, 0.05) is 19.8 Å². The highest BCUT2D eigenvalue weighted by Gasteiger charge is 2.13. The molecule has 0 spiro atoms. The number of amides is 1. The van der Waals surface area contributed by atoms with Crippen LogP contribution in [-0.2, 0) is 16.0 Å². The van der Waals surface area contributed by atoms with Gasteiger partial charge in [0.2, 0.25) is 0 Å². The van der Waals surface area contributed by atoms with Crippen molar-refractivity contribution in [2.24, 2.45) is 0 Å². The van der Waals surface area contributed by atoms with E-state index in [1.54, 1.807) is 12.1 Å². The van der Waals surface area contributed by atoms with Gasteiger partial charge in [-0.25, -0.2) is 4.79 Å². The number of esters is 1. The lowest BCUT2D eigenvalue weighted by atomic mass is 10.1. The largest absolute Gasteiger partial charge is 0.452 e. The summed E-state index contributed by atoms with van der Waals surface area (Å²) in [7, 11) is 3.85. The van der Waals surface area contributed by atoms with Gasteiger partial charge < -0.3 is 15.0 Å². The molecule has 138 valence electrons. The van der Waals surface area contributed by atoms with E-state index < -0.39 is 5.97 Å². The molecule has 0 aliphatic carbocycles. The second-order valence-corrected chi connectivity index (χ2v) is 6.40. The molecule has 0 aromatic heterocycles. The van der Waals surface area contributed by atoms with E-state index in [0.29, 0.717) is 5.56 Å². The van der Waals surface area contributed by atoms with Crippen molar-refractivity contribution in [2.45, 2.75) is 26.3 Å². The predicted molar refractivity (Wildman–Crippen MR) is 103 cm³/mol. The van der Waals surface area contributed by atoms with Gasteiger partial charge in [-0.2, -0.15) is 0 Å². The Labute approximate surface area is 155 Å². The molecule has 0 bridgehead atoms. The smallest absolute Gasteiger partial charge is 0.338 e. The van der Waals surface area contributed by atoms with Gasteiger partial charge in [0.25, 0.3) is 5.91 Å². The monoisotopic (exact) mass is 354 g/mol. The number of nitrogens with zero attached hydrogens (tertiary/aromatic N) is 1. The molecular weight excluding hydrogens is 328 g/mol. The van der Waals surface area contributed by atoms with Gasteiger partial charge in [0.15, 0.2) is 6.61 Å². The lowest BCUT2D eigenvalue weighted by Crippen LogP contribution is -2.31. The number of carbonyl (C=O) groups excluding carboxylic acids is 2. The van der Waals surface area contributed by atoms with Crippen molar-refractivity contribution in [3.63, 3.8) is 0 Å². The van der Waals surface area contributed by atoms with E-state index in [2.05, 4.69) is 24.4 Å². The normalized spacial score (nSPS) is 11.5. The second-order valence-electron chi connectivity index (χ2n) is 6.40. The van der Waals surface area contributed by atoms with E-state index in [1.807, 2.05) is 50.2 Å². The molecule has 0 unspecified atom stereocenters. The molecule has 0 aliphatic heterocycles. The number of hydrogen-bond acceptors (Lipinski definition) is 4. The fraction of sp³-hybridized carbons (Fsp3) is 0.333. The summed E-state index contributed by atoms with van der Waals surface area (Å²) in [5, 5.41) is 2.84.